The van der Waals surface area contributed by atoms with Crippen LogP contribution in [0.25, 0.3) is 0 Å². The SMILES string of the molecule is CCNC(=O)c1cc(NCc2ccccc2O)ccn1. The van der Waals surface area contributed by atoms with Gasteiger partial charge in [-0.2, -0.15) is 0 Å². The minimum atomic E-state index is -0.196. The number of carbonyl (C=O) groups excluding carboxylic acids is 1. The molecule has 104 valence electrons. The number of pyridine rings is 1. The van der Waals surface area contributed by atoms with Crippen LogP contribution in [0, 0.1) is 0 Å². The Kier molecular flexibility index (Phi) is 4.55. The van der Waals surface area contributed by atoms with Gasteiger partial charge in [0.1, 0.15) is 11.4 Å². The van der Waals surface area contributed by atoms with Crippen molar-refractivity contribution in [3.05, 3.63) is 53.9 Å². The largest absolute Gasteiger partial charge is 0.508 e. The summed E-state index contributed by atoms with van der Waals surface area (Å²) >= 11 is 0. The first-order chi connectivity index (χ1) is 9.70. The molecule has 0 aliphatic rings. The van der Waals surface area contributed by atoms with Crippen LogP contribution in [0.2, 0.25) is 0 Å². The van der Waals surface area contributed by atoms with Gasteiger partial charge in [-0.25, -0.2) is 0 Å². The van der Waals surface area contributed by atoms with E-state index in [1.165, 1.54) is 0 Å². The maximum Gasteiger partial charge on any atom is 0.269 e. The number of rotatable bonds is 5. The molecule has 0 spiro atoms. The molecule has 0 unspecified atom stereocenters. The number of aromatic nitrogens is 1. The monoisotopic (exact) mass is 271 g/mol. The van der Waals surface area contributed by atoms with Gasteiger partial charge in [0.15, 0.2) is 0 Å². The fourth-order valence-corrected chi connectivity index (χ4v) is 1.77. The van der Waals surface area contributed by atoms with Crippen LogP contribution in [-0.2, 0) is 6.54 Å². The van der Waals surface area contributed by atoms with E-state index >= 15 is 0 Å². The summed E-state index contributed by atoms with van der Waals surface area (Å²) in [5.74, 6) is 0.0525. The second kappa shape index (κ2) is 6.56. The Balaban J connectivity index is 2.05. The van der Waals surface area contributed by atoms with Crippen molar-refractivity contribution < 1.29 is 9.90 Å². The minimum Gasteiger partial charge on any atom is -0.508 e. The first-order valence-corrected chi connectivity index (χ1v) is 6.45. The number of nitrogens with zero attached hydrogens (tertiary/aromatic N) is 1. The number of nitrogens with one attached hydrogen (secondary N) is 2. The van der Waals surface area contributed by atoms with Crippen LogP contribution < -0.4 is 10.6 Å². The molecule has 2 aromatic rings. The zero-order valence-electron chi connectivity index (χ0n) is 11.3. The molecule has 0 saturated heterocycles. The summed E-state index contributed by atoms with van der Waals surface area (Å²) in [6, 6.07) is 10.6. The highest BCUT2D eigenvalue weighted by Gasteiger charge is 2.06. The highest BCUT2D eigenvalue weighted by molar-refractivity contribution is 5.93. The van der Waals surface area contributed by atoms with Crippen LogP contribution in [0.3, 0.4) is 0 Å². The molecule has 2 rings (SSSR count). The lowest BCUT2D eigenvalue weighted by molar-refractivity contribution is 0.0951. The first-order valence-electron chi connectivity index (χ1n) is 6.45. The molecule has 0 atom stereocenters. The number of anilines is 1. The van der Waals surface area contributed by atoms with E-state index in [1.54, 1.807) is 30.5 Å². The third-order valence-electron chi connectivity index (χ3n) is 2.80. The number of aromatic hydroxyl groups is 1. The van der Waals surface area contributed by atoms with Crippen molar-refractivity contribution in [3.63, 3.8) is 0 Å². The van der Waals surface area contributed by atoms with Gasteiger partial charge in [-0.3, -0.25) is 9.78 Å². The predicted octanol–water partition coefficient (Wildman–Crippen LogP) is 2.15. The van der Waals surface area contributed by atoms with E-state index in [-0.39, 0.29) is 11.7 Å². The lowest BCUT2D eigenvalue weighted by Crippen LogP contribution is -2.23. The van der Waals surface area contributed by atoms with E-state index in [9.17, 15) is 9.90 Å². The third kappa shape index (κ3) is 3.47. The second-order valence-corrected chi connectivity index (χ2v) is 4.27. The fraction of sp³-hybridized carbons (Fsp3) is 0.200. The van der Waals surface area contributed by atoms with Crippen LogP contribution in [-0.4, -0.2) is 22.5 Å². The van der Waals surface area contributed by atoms with Crippen molar-refractivity contribution in [2.24, 2.45) is 0 Å². The number of phenols is 1. The van der Waals surface area contributed by atoms with Gasteiger partial charge in [0.25, 0.3) is 5.91 Å². The number of para-hydroxylation sites is 1. The summed E-state index contributed by atoms with van der Waals surface area (Å²) in [6.45, 7) is 2.90. The maximum absolute atomic E-state index is 11.7. The molecule has 0 saturated carbocycles. The van der Waals surface area contributed by atoms with Crippen molar-refractivity contribution in [3.8, 4) is 5.75 Å². The summed E-state index contributed by atoms with van der Waals surface area (Å²) < 4.78 is 0. The zero-order chi connectivity index (χ0) is 14.4. The Bertz CT molecular complexity index is 599. The van der Waals surface area contributed by atoms with Crippen LogP contribution in [0.15, 0.2) is 42.6 Å². The van der Waals surface area contributed by atoms with Crippen molar-refractivity contribution in [1.82, 2.24) is 10.3 Å². The van der Waals surface area contributed by atoms with Crippen molar-refractivity contribution >= 4 is 11.6 Å². The molecule has 3 N–H and O–H groups in total. The topological polar surface area (TPSA) is 74.2 Å². The van der Waals surface area contributed by atoms with E-state index in [4.69, 9.17) is 0 Å². The van der Waals surface area contributed by atoms with Gasteiger partial charge in [-0.1, -0.05) is 18.2 Å². The van der Waals surface area contributed by atoms with E-state index in [1.807, 2.05) is 19.1 Å². The van der Waals surface area contributed by atoms with Gasteiger partial charge < -0.3 is 15.7 Å². The summed E-state index contributed by atoms with van der Waals surface area (Å²) in [4.78, 5) is 15.7. The normalized spacial score (nSPS) is 10.1. The second-order valence-electron chi connectivity index (χ2n) is 4.27. The molecule has 5 nitrogen and oxygen atoms in total. The molecule has 1 amide bonds. The molecule has 1 aromatic heterocycles. The predicted molar refractivity (Wildman–Crippen MR) is 77.7 cm³/mol. The van der Waals surface area contributed by atoms with Gasteiger partial charge in [-0.15, -0.1) is 0 Å². The molecule has 0 aliphatic carbocycles. The Hall–Kier alpha value is -2.56. The summed E-state index contributed by atoms with van der Waals surface area (Å²) in [7, 11) is 0. The molecule has 0 aliphatic heterocycles. The highest BCUT2D eigenvalue weighted by Crippen LogP contribution is 2.17. The van der Waals surface area contributed by atoms with Crippen molar-refractivity contribution in [2.45, 2.75) is 13.5 Å². The number of hydrogen-bond donors (Lipinski definition) is 3. The Morgan fingerprint density at radius 3 is 2.85 bits per heavy atom. The number of amides is 1. The van der Waals surface area contributed by atoms with Crippen molar-refractivity contribution in [2.75, 3.05) is 11.9 Å². The fourth-order valence-electron chi connectivity index (χ4n) is 1.77. The van der Waals surface area contributed by atoms with E-state index in [0.29, 0.717) is 18.8 Å². The van der Waals surface area contributed by atoms with Crippen molar-refractivity contribution in [1.29, 1.82) is 0 Å². The molecule has 0 fully saturated rings. The molecule has 1 aromatic carbocycles. The van der Waals surface area contributed by atoms with E-state index in [0.717, 1.165) is 11.3 Å². The molecular formula is C15H17N3O2. The summed E-state index contributed by atoms with van der Waals surface area (Å²) in [5.41, 5.74) is 1.95. The van der Waals surface area contributed by atoms with Gasteiger partial charge >= 0.3 is 0 Å². The molecular weight excluding hydrogens is 254 g/mol. The number of phenolic OH excluding ortho intramolecular Hbond substituents is 1. The Labute approximate surface area is 117 Å². The van der Waals surface area contributed by atoms with Gasteiger partial charge in [0.2, 0.25) is 0 Å². The van der Waals surface area contributed by atoms with Gasteiger partial charge in [-0.05, 0) is 25.1 Å². The minimum absolute atomic E-state index is 0.196. The average Bonchev–Trinajstić information content (AvgIpc) is 2.47. The van der Waals surface area contributed by atoms with Crippen LogP contribution in [0.5, 0.6) is 5.75 Å². The smallest absolute Gasteiger partial charge is 0.269 e. The van der Waals surface area contributed by atoms with Gasteiger partial charge in [0.05, 0.1) is 0 Å². The first kappa shape index (κ1) is 13.9. The number of benzene rings is 1. The molecule has 1 heterocycles. The third-order valence-corrected chi connectivity index (χ3v) is 2.80. The molecule has 20 heavy (non-hydrogen) atoms. The maximum atomic E-state index is 11.7. The Morgan fingerprint density at radius 1 is 1.30 bits per heavy atom. The van der Waals surface area contributed by atoms with Gasteiger partial charge in [0, 0.05) is 30.5 Å². The lowest BCUT2D eigenvalue weighted by Gasteiger charge is -2.09. The van der Waals surface area contributed by atoms with Crippen LogP contribution in [0.1, 0.15) is 23.0 Å². The Morgan fingerprint density at radius 2 is 2.10 bits per heavy atom. The number of hydrogen-bond acceptors (Lipinski definition) is 4. The lowest BCUT2D eigenvalue weighted by atomic mass is 10.2. The highest BCUT2D eigenvalue weighted by atomic mass is 16.3. The van der Waals surface area contributed by atoms with Crippen LogP contribution >= 0.6 is 0 Å². The van der Waals surface area contributed by atoms with Crippen LogP contribution in [0.4, 0.5) is 5.69 Å². The molecule has 0 radical (unpaired) electrons. The number of carbonyl (C=O) groups is 1. The quantitative estimate of drug-likeness (QED) is 0.779. The summed E-state index contributed by atoms with van der Waals surface area (Å²) in [6.07, 6.45) is 1.58. The zero-order valence-corrected chi connectivity index (χ0v) is 11.3. The molecule has 0 bridgehead atoms. The standard InChI is InChI=1S/C15H17N3O2/c1-2-16-15(20)13-9-12(7-8-17-13)18-10-11-5-3-4-6-14(11)19/h3-9,19H,2,10H2,1H3,(H,16,20)(H,17,18). The average molecular weight is 271 g/mol. The van der Waals surface area contributed by atoms with E-state index < -0.39 is 0 Å². The summed E-state index contributed by atoms with van der Waals surface area (Å²) in [5, 5.41) is 15.5. The molecule has 5 heteroatoms. The van der Waals surface area contributed by atoms with E-state index in [2.05, 4.69) is 15.6 Å².